The van der Waals surface area contributed by atoms with Crippen molar-refractivity contribution >= 4 is 22.9 Å². The molecule has 1 aromatic heterocycles. The van der Waals surface area contributed by atoms with E-state index >= 15 is 0 Å². The molecule has 0 fully saturated rings. The van der Waals surface area contributed by atoms with Crippen molar-refractivity contribution in [1.29, 1.82) is 5.26 Å². The van der Waals surface area contributed by atoms with Crippen LogP contribution in [0.15, 0.2) is 66.4 Å². The third-order valence-corrected chi connectivity index (χ3v) is 3.93. The van der Waals surface area contributed by atoms with E-state index in [1.165, 1.54) is 0 Å². The van der Waals surface area contributed by atoms with Gasteiger partial charge >= 0.3 is 0 Å². The highest BCUT2D eigenvalue weighted by molar-refractivity contribution is 6.04. The number of rotatable bonds is 4. The Morgan fingerprint density at radius 2 is 1.88 bits per heavy atom. The van der Waals surface area contributed by atoms with E-state index in [1.807, 2.05) is 67.6 Å². The second kappa shape index (κ2) is 6.84. The molecule has 118 valence electrons. The van der Waals surface area contributed by atoms with Crippen LogP contribution < -0.4 is 5.32 Å². The number of carbonyl (C=O) groups is 1. The number of hydrogen-bond acceptors (Lipinski definition) is 2. The highest BCUT2D eigenvalue weighted by Crippen LogP contribution is 2.20. The number of nitrogens with one attached hydrogen (secondary N) is 2. The molecule has 4 heteroatoms. The SMILES string of the molecule is C[C@H](NC(=O)/C(C#N)=C/c1c[nH]c2ccccc12)c1ccccc1. The first-order chi connectivity index (χ1) is 11.7. The fourth-order valence-electron chi connectivity index (χ4n) is 2.62. The lowest BCUT2D eigenvalue weighted by atomic mass is 10.1. The normalized spacial score (nSPS) is 12.6. The smallest absolute Gasteiger partial charge is 0.262 e. The van der Waals surface area contributed by atoms with Crippen molar-refractivity contribution in [3.8, 4) is 6.07 Å². The summed E-state index contributed by atoms with van der Waals surface area (Å²) in [5.41, 5.74) is 2.88. The van der Waals surface area contributed by atoms with Crippen LogP contribution in [-0.2, 0) is 4.79 Å². The van der Waals surface area contributed by atoms with Crippen LogP contribution in [0, 0.1) is 11.3 Å². The van der Waals surface area contributed by atoms with Gasteiger partial charge in [-0.3, -0.25) is 4.79 Å². The highest BCUT2D eigenvalue weighted by Gasteiger charge is 2.14. The topological polar surface area (TPSA) is 68.7 Å². The van der Waals surface area contributed by atoms with Crippen molar-refractivity contribution in [2.45, 2.75) is 13.0 Å². The van der Waals surface area contributed by atoms with Crippen LogP contribution in [0.1, 0.15) is 24.1 Å². The van der Waals surface area contributed by atoms with Crippen LogP contribution in [-0.4, -0.2) is 10.9 Å². The lowest BCUT2D eigenvalue weighted by Gasteiger charge is -2.13. The van der Waals surface area contributed by atoms with Crippen LogP contribution in [0.5, 0.6) is 0 Å². The fourth-order valence-corrected chi connectivity index (χ4v) is 2.62. The molecule has 2 N–H and O–H groups in total. The van der Waals surface area contributed by atoms with Gasteiger partial charge in [0.2, 0.25) is 0 Å². The van der Waals surface area contributed by atoms with E-state index < -0.39 is 0 Å². The molecule has 24 heavy (non-hydrogen) atoms. The zero-order chi connectivity index (χ0) is 16.9. The van der Waals surface area contributed by atoms with Crippen LogP contribution in [0.2, 0.25) is 0 Å². The number of nitriles is 1. The van der Waals surface area contributed by atoms with Crippen molar-refractivity contribution < 1.29 is 4.79 Å². The monoisotopic (exact) mass is 315 g/mol. The molecule has 1 amide bonds. The van der Waals surface area contributed by atoms with E-state index in [2.05, 4.69) is 10.3 Å². The third kappa shape index (κ3) is 3.21. The Kier molecular flexibility index (Phi) is 4.44. The molecule has 0 saturated heterocycles. The number of aromatic nitrogens is 1. The van der Waals surface area contributed by atoms with E-state index in [9.17, 15) is 10.1 Å². The van der Waals surface area contributed by atoms with Gasteiger partial charge in [0, 0.05) is 22.7 Å². The average Bonchev–Trinajstić information content (AvgIpc) is 3.03. The van der Waals surface area contributed by atoms with Crippen molar-refractivity contribution in [3.63, 3.8) is 0 Å². The van der Waals surface area contributed by atoms with E-state index in [4.69, 9.17) is 0 Å². The Morgan fingerprint density at radius 3 is 2.62 bits per heavy atom. The maximum Gasteiger partial charge on any atom is 0.262 e. The quantitative estimate of drug-likeness (QED) is 0.565. The number of hydrogen-bond donors (Lipinski definition) is 2. The number of nitrogens with zero attached hydrogens (tertiary/aromatic N) is 1. The second-order valence-corrected chi connectivity index (χ2v) is 5.57. The first kappa shape index (κ1) is 15.6. The Labute approximate surface area is 140 Å². The van der Waals surface area contributed by atoms with Gasteiger partial charge in [0.15, 0.2) is 0 Å². The van der Waals surface area contributed by atoms with Gasteiger partial charge in [-0.2, -0.15) is 5.26 Å². The molecule has 0 saturated carbocycles. The van der Waals surface area contributed by atoms with Gasteiger partial charge in [-0.05, 0) is 24.6 Å². The van der Waals surface area contributed by atoms with E-state index in [1.54, 1.807) is 12.3 Å². The molecule has 0 unspecified atom stereocenters. The lowest BCUT2D eigenvalue weighted by molar-refractivity contribution is -0.117. The molecule has 3 aromatic rings. The highest BCUT2D eigenvalue weighted by atomic mass is 16.1. The third-order valence-electron chi connectivity index (χ3n) is 3.93. The molecule has 0 aliphatic heterocycles. The molecule has 1 heterocycles. The zero-order valence-corrected chi connectivity index (χ0v) is 13.3. The molecule has 3 rings (SSSR count). The average molecular weight is 315 g/mol. The molecule has 0 bridgehead atoms. The Hall–Kier alpha value is -3.32. The predicted molar refractivity (Wildman–Crippen MR) is 94.9 cm³/mol. The van der Waals surface area contributed by atoms with Crippen molar-refractivity contribution in [1.82, 2.24) is 10.3 Å². The molecule has 2 aromatic carbocycles. The minimum atomic E-state index is -0.376. The van der Waals surface area contributed by atoms with Crippen molar-refractivity contribution in [3.05, 3.63) is 77.5 Å². The van der Waals surface area contributed by atoms with Gasteiger partial charge < -0.3 is 10.3 Å². The fraction of sp³-hybridized carbons (Fsp3) is 0.100. The minimum absolute atomic E-state index is 0.0857. The number of benzene rings is 2. The summed E-state index contributed by atoms with van der Waals surface area (Å²) in [5, 5.41) is 13.2. The number of amides is 1. The van der Waals surface area contributed by atoms with Crippen molar-refractivity contribution in [2.24, 2.45) is 0 Å². The van der Waals surface area contributed by atoms with Gasteiger partial charge in [-0.25, -0.2) is 0 Å². The summed E-state index contributed by atoms with van der Waals surface area (Å²) < 4.78 is 0. The lowest BCUT2D eigenvalue weighted by Crippen LogP contribution is -2.27. The van der Waals surface area contributed by atoms with Gasteiger partial charge in [0.05, 0.1) is 6.04 Å². The van der Waals surface area contributed by atoms with Crippen LogP contribution >= 0.6 is 0 Å². The number of fused-ring (bicyclic) bond motifs is 1. The predicted octanol–water partition coefficient (Wildman–Crippen LogP) is 3.95. The summed E-state index contributed by atoms with van der Waals surface area (Å²) in [6.45, 7) is 1.90. The molecule has 0 aliphatic rings. The first-order valence-electron chi connectivity index (χ1n) is 7.73. The van der Waals surface area contributed by atoms with Crippen LogP contribution in [0.4, 0.5) is 0 Å². The molecule has 1 atom stereocenters. The Balaban J connectivity index is 1.83. The molecule has 4 nitrogen and oxygen atoms in total. The molecule has 0 radical (unpaired) electrons. The van der Waals surface area contributed by atoms with Crippen molar-refractivity contribution in [2.75, 3.05) is 0 Å². The summed E-state index contributed by atoms with van der Waals surface area (Å²) in [4.78, 5) is 15.5. The summed E-state index contributed by atoms with van der Waals surface area (Å²) in [6.07, 6.45) is 3.42. The van der Waals surface area contributed by atoms with E-state index in [0.29, 0.717) is 0 Å². The number of para-hydroxylation sites is 1. The maximum absolute atomic E-state index is 12.4. The summed E-state index contributed by atoms with van der Waals surface area (Å²) in [5.74, 6) is -0.376. The standard InChI is InChI=1S/C20H17N3O/c1-14(15-7-3-2-4-8-15)23-20(24)16(12-21)11-17-13-22-19-10-6-5-9-18(17)19/h2-11,13-14,22H,1H3,(H,23,24)/b16-11+/t14-/m0/s1. The van der Waals surface area contributed by atoms with Gasteiger partial charge in [-0.1, -0.05) is 48.5 Å². The van der Waals surface area contributed by atoms with E-state index in [0.717, 1.165) is 22.0 Å². The van der Waals surface area contributed by atoms with Crippen LogP contribution in [0.25, 0.3) is 17.0 Å². The first-order valence-corrected chi connectivity index (χ1v) is 7.73. The van der Waals surface area contributed by atoms with Gasteiger partial charge in [-0.15, -0.1) is 0 Å². The minimum Gasteiger partial charge on any atom is -0.361 e. The summed E-state index contributed by atoms with van der Waals surface area (Å²) in [7, 11) is 0. The van der Waals surface area contributed by atoms with Crippen LogP contribution in [0.3, 0.4) is 0 Å². The van der Waals surface area contributed by atoms with Gasteiger partial charge in [0.25, 0.3) is 5.91 Å². The number of H-pyrrole nitrogens is 1. The molecule has 0 spiro atoms. The zero-order valence-electron chi connectivity index (χ0n) is 13.3. The molecule has 0 aliphatic carbocycles. The second-order valence-electron chi connectivity index (χ2n) is 5.57. The van der Waals surface area contributed by atoms with Gasteiger partial charge in [0.1, 0.15) is 11.6 Å². The van der Waals surface area contributed by atoms with E-state index in [-0.39, 0.29) is 17.5 Å². The summed E-state index contributed by atoms with van der Waals surface area (Å²) >= 11 is 0. The number of carbonyl (C=O) groups excluding carboxylic acids is 1. The number of aromatic amines is 1. The largest absolute Gasteiger partial charge is 0.361 e. The summed E-state index contributed by atoms with van der Waals surface area (Å²) in [6, 6.07) is 19.3. The Morgan fingerprint density at radius 1 is 1.17 bits per heavy atom. The Bertz CT molecular complexity index is 932. The molecular formula is C20H17N3O. The maximum atomic E-state index is 12.4. The molecular weight excluding hydrogens is 298 g/mol.